The summed E-state index contributed by atoms with van der Waals surface area (Å²) in [6.45, 7) is 11.4. The van der Waals surface area contributed by atoms with Crippen molar-refractivity contribution in [2.75, 3.05) is 58.2 Å². The number of benzene rings is 1. The first-order chi connectivity index (χ1) is 12.6. The maximum absolute atomic E-state index is 12.7. The highest BCUT2D eigenvalue weighted by atomic mass is 16.2. The number of carbonyl (C=O) groups excluding carboxylic acids is 1. The fourth-order valence-electron chi connectivity index (χ4n) is 4.31. The molecule has 1 unspecified atom stereocenters. The molecule has 0 saturated carbocycles. The lowest BCUT2D eigenvalue weighted by atomic mass is 9.97. The highest BCUT2D eigenvalue weighted by molar-refractivity contribution is 5.91. The van der Waals surface area contributed by atoms with Gasteiger partial charge in [-0.1, -0.05) is 25.1 Å². The van der Waals surface area contributed by atoms with E-state index in [4.69, 9.17) is 0 Å². The average Bonchev–Trinajstić information content (AvgIpc) is 2.64. The third-order valence-corrected chi connectivity index (χ3v) is 5.87. The van der Waals surface area contributed by atoms with Crippen LogP contribution in [0.4, 0.5) is 10.5 Å². The zero-order valence-corrected chi connectivity index (χ0v) is 16.6. The fourth-order valence-corrected chi connectivity index (χ4v) is 4.31. The van der Waals surface area contributed by atoms with Crippen molar-refractivity contribution in [1.82, 2.24) is 14.7 Å². The second kappa shape index (κ2) is 8.87. The molecule has 2 heterocycles. The van der Waals surface area contributed by atoms with Gasteiger partial charge in [-0.2, -0.15) is 0 Å². The third kappa shape index (κ3) is 4.77. The van der Waals surface area contributed by atoms with Crippen molar-refractivity contribution in [2.45, 2.75) is 33.1 Å². The summed E-state index contributed by atoms with van der Waals surface area (Å²) in [5, 5.41) is 3.16. The molecule has 0 bridgehead atoms. The lowest BCUT2D eigenvalue weighted by molar-refractivity contribution is 0.109. The number of nitrogens with one attached hydrogen (secondary N) is 1. The molecule has 26 heavy (non-hydrogen) atoms. The molecule has 1 N–H and O–H groups in total. The third-order valence-electron chi connectivity index (χ3n) is 5.87. The Morgan fingerprint density at radius 2 is 1.96 bits per heavy atom. The highest BCUT2D eigenvalue weighted by Gasteiger charge is 2.25. The number of carbonyl (C=O) groups is 1. The summed E-state index contributed by atoms with van der Waals surface area (Å²) >= 11 is 0. The van der Waals surface area contributed by atoms with Crippen molar-refractivity contribution < 1.29 is 4.79 Å². The Labute approximate surface area is 158 Å². The van der Waals surface area contributed by atoms with Gasteiger partial charge in [-0.05, 0) is 56.8 Å². The first-order valence-corrected chi connectivity index (χ1v) is 10.1. The lowest BCUT2D eigenvalue weighted by Gasteiger charge is -2.38. The fraction of sp³-hybridized carbons (Fsp3) is 0.667. The quantitative estimate of drug-likeness (QED) is 0.899. The topological polar surface area (TPSA) is 38.8 Å². The Hall–Kier alpha value is -1.59. The Morgan fingerprint density at radius 3 is 2.65 bits per heavy atom. The summed E-state index contributed by atoms with van der Waals surface area (Å²) in [5.74, 6) is 0.785. The number of likely N-dealkylation sites (tertiary alicyclic amines) is 1. The molecule has 3 rings (SSSR count). The van der Waals surface area contributed by atoms with Gasteiger partial charge >= 0.3 is 6.03 Å². The van der Waals surface area contributed by atoms with Gasteiger partial charge in [0.1, 0.15) is 0 Å². The van der Waals surface area contributed by atoms with E-state index in [2.05, 4.69) is 54.2 Å². The minimum absolute atomic E-state index is 0.0473. The molecule has 0 spiro atoms. The van der Waals surface area contributed by atoms with E-state index < -0.39 is 0 Å². The molecular weight excluding hydrogens is 324 g/mol. The molecule has 144 valence electrons. The molecular formula is C21H34N4O. The summed E-state index contributed by atoms with van der Waals surface area (Å²) in [4.78, 5) is 19.7. The van der Waals surface area contributed by atoms with Crippen LogP contribution in [0, 0.1) is 12.8 Å². The van der Waals surface area contributed by atoms with E-state index in [-0.39, 0.29) is 6.03 Å². The zero-order valence-electron chi connectivity index (χ0n) is 16.6. The van der Waals surface area contributed by atoms with Crippen LogP contribution in [0.25, 0.3) is 0 Å². The van der Waals surface area contributed by atoms with Gasteiger partial charge < -0.3 is 15.1 Å². The van der Waals surface area contributed by atoms with E-state index in [1.165, 1.54) is 38.0 Å². The van der Waals surface area contributed by atoms with Crippen LogP contribution in [-0.4, -0.2) is 73.6 Å². The van der Waals surface area contributed by atoms with Crippen LogP contribution in [-0.2, 0) is 6.42 Å². The van der Waals surface area contributed by atoms with Gasteiger partial charge in [0, 0.05) is 45.0 Å². The van der Waals surface area contributed by atoms with Gasteiger partial charge in [-0.15, -0.1) is 0 Å². The first kappa shape index (κ1) is 19.2. The largest absolute Gasteiger partial charge is 0.322 e. The molecule has 1 aromatic rings. The van der Waals surface area contributed by atoms with Crippen LogP contribution in [0.2, 0.25) is 0 Å². The minimum Gasteiger partial charge on any atom is -0.322 e. The zero-order chi connectivity index (χ0) is 18.5. The van der Waals surface area contributed by atoms with Crippen LogP contribution >= 0.6 is 0 Å². The van der Waals surface area contributed by atoms with Crippen LogP contribution in [0.5, 0.6) is 0 Å². The van der Waals surface area contributed by atoms with Crippen LogP contribution in [0.3, 0.4) is 0 Å². The van der Waals surface area contributed by atoms with E-state index >= 15 is 0 Å². The first-order valence-electron chi connectivity index (χ1n) is 10.1. The maximum atomic E-state index is 12.7. The summed E-state index contributed by atoms with van der Waals surface area (Å²) in [5.41, 5.74) is 3.34. The molecule has 2 fully saturated rings. The smallest absolute Gasteiger partial charge is 0.321 e. The number of aryl methyl sites for hydroxylation is 2. The number of piperidine rings is 1. The highest BCUT2D eigenvalue weighted by Crippen LogP contribution is 2.22. The van der Waals surface area contributed by atoms with Gasteiger partial charge in [-0.3, -0.25) is 4.90 Å². The molecule has 2 amide bonds. The second-order valence-corrected chi connectivity index (χ2v) is 7.95. The van der Waals surface area contributed by atoms with Crippen molar-refractivity contribution in [3.63, 3.8) is 0 Å². The Balaban J connectivity index is 1.49. The Kier molecular flexibility index (Phi) is 6.54. The van der Waals surface area contributed by atoms with Crippen LogP contribution in [0.15, 0.2) is 18.2 Å². The molecule has 2 aliphatic heterocycles. The average molecular weight is 359 g/mol. The molecule has 1 aromatic carbocycles. The standard InChI is InChI=1S/C21H34N4O/c1-4-19-9-5-7-17(2)20(19)22-21(26)25-13-11-24(12-14-25)16-18-8-6-10-23(3)15-18/h5,7,9,18H,4,6,8,10-16H2,1-3H3,(H,22,26). The van der Waals surface area contributed by atoms with Gasteiger partial charge in [0.05, 0.1) is 0 Å². The molecule has 1 atom stereocenters. The van der Waals surface area contributed by atoms with E-state index in [1.54, 1.807) is 0 Å². The van der Waals surface area contributed by atoms with Crippen LogP contribution in [0.1, 0.15) is 30.9 Å². The van der Waals surface area contributed by atoms with Crippen molar-refractivity contribution in [2.24, 2.45) is 5.92 Å². The van der Waals surface area contributed by atoms with Gasteiger partial charge in [0.2, 0.25) is 0 Å². The normalized spacial score (nSPS) is 22.4. The minimum atomic E-state index is 0.0473. The Bertz CT molecular complexity index is 610. The SMILES string of the molecule is CCc1cccc(C)c1NC(=O)N1CCN(CC2CCCN(C)C2)CC1. The molecule has 2 aliphatic rings. The van der Waals surface area contributed by atoms with E-state index in [1.807, 2.05) is 4.90 Å². The summed E-state index contributed by atoms with van der Waals surface area (Å²) in [6, 6.07) is 6.27. The van der Waals surface area contributed by atoms with Crippen molar-refractivity contribution >= 4 is 11.7 Å². The molecule has 0 aromatic heterocycles. The number of hydrogen-bond acceptors (Lipinski definition) is 3. The second-order valence-electron chi connectivity index (χ2n) is 7.95. The maximum Gasteiger partial charge on any atom is 0.321 e. The number of hydrogen-bond donors (Lipinski definition) is 1. The van der Waals surface area contributed by atoms with Gasteiger partial charge in [0.25, 0.3) is 0 Å². The summed E-state index contributed by atoms with van der Waals surface area (Å²) in [6.07, 6.45) is 3.60. The summed E-state index contributed by atoms with van der Waals surface area (Å²) < 4.78 is 0. The van der Waals surface area contributed by atoms with Gasteiger partial charge in [-0.25, -0.2) is 4.79 Å². The van der Waals surface area contributed by atoms with E-state index in [0.717, 1.165) is 49.8 Å². The Morgan fingerprint density at radius 1 is 1.19 bits per heavy atom. The molecule has 0 radical (unpaired) electrons. The number of nitrogens with zero attached hydrogens (tertiary/aromatic N) is 3. The van der Waals surface area contributed by atoms with E-state index in [0.29, 0.717) is 0 Å². The van der Waals surface area contributed by atoms with Gasteiger partial charge in [0.15, 0.2) is 0 Å². The lowest BCUT2D eigenvalue weighted by Crippen LogP contribution is -2.52. The number of amides is 2. The monoisotopic (exact) mass is 358 g/mol. The number of rotatable bonds is 4. The predicted octanol–water partition coefficient (Wildman–Crippen LogP) is 3.05. The number of anilines is 1. The number of para-hydroxylation sites is 1. The van der Waals surface area contributed by atoms with Crippen molar-refractivity contribution in [3.05, 3.63) is 29.3 Å². The molecule has 5 heteroatoms. The number of urea groups is 1. The van der Waals surface area contributed by atoms with Crippen molar-refractivity contribution in [3.8, 4) is 0 Å². The summed E-state index contributed by atoms with van der Waals surface area (Å²) in [7, 11) is 2.23. The van der Waals surface area contributed by atoms with E-state index in [9.17, 15) is 4.79 Å². The molecule has 0 aliphatic carbocycles. The molecule has 2 saturated heterocycles. The molecule has 5 nitrogen and oxygen atoms in total. The van der Waals surface area contributed by atoms with Crippen molar-refractivity contribution in [1.29, 1.82) is 0 Å². The number of piperazine rings is 1. The van der Waals surface area contributed by atoms with Crippen LogP contribution < -0.4 is 5.32 Å². The predicted molar refractivity (Wildman–Crippen MR) is 108 cm³/mol.